The van der Waals surface area contributed by atoms with E-state index in [4.69, 9.17) is 5.73 Å². The highest BCUT2D eigenvalue weighted by molar-refractivity contribution is 5.98. The Morgan fingerprint density at radius 1 is 0.968 bits per heavy atom. The Morgan fingerprint density at radius 2 is 1.61 bits per heavy atom. The molecule has 8 heteroatoms. The van der Waals surface area contributed by atoms with Gasteiger partial charge < -0.3 is 10.6 Å². The predicted octanol–water partition coefficient (Wildman–Crippen LogP) is 4.37. The number of alkyl halides is 3. The van der Waals surface area contributed by atoms with Crippen LogP contribution in [0.25, 0.3) is 10.9 Å². The zero-order valence-corrected chi connectivity index (χ0v) is 16.5. The second kappa shape index (κ2) is 8.02. The molecule has 2 heterocycles. The topological polar surface area (TPSA) is 76.3 Å². The number of fused-ring (bicyclic) bond motifs is 1. The molecule has 2 aromatic carbocycles. The Bertz CT molecular complexity index is 1150. The lowest BCUT2D eigenvalue weighted by Crippen LogP contribution is -2.39. The van der Waals surface area contributed by atoms with Crippen LogP contribution in [0.5, 0.6) is 0 Å². The maximum Gasteiger partial charge on any atom is 0.417 e. The van der Waals surface area contributed by atoms with Gasteiger partial charge in [0.15, 0.2) is 0 Å². The minimum absolute atomic E-state index is 0.117. The van der Waals surface area contributed by atoms with E-state index in [1.807, 2.05) is 24.3 Å². The molecule has 3 aromatic rings. The first-order valence-corrected chi connectivity index (χ1v) is 9.90. The molecule has 0 bridgehead atoms. The van der Waals surface area contributed by atoms with Crippen molar-refractivity contribution in [2.24, 2.45) is 5.73 Å². The van der Waals surface area contributed by atoms with Crippen molar-refractivity contribution in [3.63, 3.8) is 0 Å². The summed E-state index contributed by atoms with van der Waals surface area (Å²) < 4.78 is 39.9. The van der Waals surface area contributed by atoms with Crippen LogP contribution in [0.15, 0.2) is 54.6 Å². The normalized spacial score (nSPS) is 15.3. The molecule has 1 aliphatic heterocycles. The fraction of sp³-hybridized carbons (Fsp3) is 0.261. The third-order valence-electron chi connectivity index (χ3n) is 5.65. The predicted molar refractivity (Wildman–Crippen MR) is 110 cm³/mol. The van der Waals surface area contributed by atoms with Crippen LogP contribution < -0.4 is 5.73 Å². The molecule has 4 rings (SSSR count). The van der Waals surface area contributed by atoms with E-state index in [0.29, 0.717) is 24.1 Å². The van der Waals surface area contributed by atoms with Gasteiger partial charge in [-0.1, -0.05) is 30.3 Å². The number of aromatic nitrogens is 1. The quantitative estimate of drug-likeness (QED) is 0.674. The van der Waals surface area contributed by atoms with Gasteiger partial charge in [-0.15, -0.1) is 0 Å². The summed E-state index contributed by atoms with van der Waals surface area (Å²) in [5, 5.41) is 0.802. The fourth-order valence-electron chi connectivity index (χ4n) is 4.08. The number of likely N-dealkylation sites (tertiary alicyclic amines) is 1. The number of piperidine rings is 1. The smallest absolute Gasteiger partial charge is 0.366 e. The first-order valence-electron chi connectivity index (χ1n) is 9.90. The minimum atomic E-state index is -4.60. The highest BCUT2D eigenvalue weighted by Gasteiger charge is 2.37. The van der Waals surface area contributed by atoms with E-state index in [2.05, 4.69) is 4.98 Å². The van der Waals surface area contributed by atoms with Crippen molar-refractivity contribution in [2.45, 2.75) is 24.9 Å². The average Bonchev–Trinajstić information content (AvgIpc) is 2.77. The fourth-order valence-corrected chi connectivity index (χ4v) is 4.08. The molecule has 2 amide bonds. The highest BCUT2D eigenvalue weighted by atomic mass is 19.4. The molecule has 1 saturated heterocycles. The van der Waals surface area contributed by atoms with Crippen molar-refractivity contribution in [1.82, 2.24) is 9.88 Å². The molecule has 0 atom stereocenters. The molecule has 5 nitrogen and oxygen atoms in total. The lowest BCUT2D eigenvalue weighted by Gasteiger charge is -2.33. The van der Waals surface area contributed by atoms with Crippen molar-refractivity contribution in [3.05, 3.63) is 77.0 Å². The molecule has 2 N–H and O–H groups in total. The van der Waals surface area contributed by atoms with E-state index in [1.165, 1.54) is 23.1 Å². The second-order valence-corrected chi connectivity index (χ2v) is 7.59. The summed E-state index contributed by atoms with van der Waals surface area (Å²) in [6, 6.07) is 13.9. The molecule has 1 aromatic heterocycles. The Labute approximate surface area is 176 Å². The number of carbonyl (C=O) groups is 2. The summed E-state index contributed by atoms with van der Waals surface area (Å²) >= 11 is 0. The van der Waals surface area contributed by atoms with Crippen LogP contribution in [-0.4, -0.2) is 34.8 Å². The molecule has 0 radical (unpaired) electrons. The van der Waals surface area contributed by atoms with E-state index < -0.39 is 23.6 Å². The van der Waals surface area contributed by atoms with Crippen LogP contribution in [0.3, 0.4) is 0 Å². The molecule has 31 heavy (non-hydrogen) atoms. The van der Waals surface area contributed by atoms with Gasteiger partial charge >= 0.3 is 6.18 Å². The molecular weight excluding hydrogens is 407 g/mol. The van der Waals surface area contributed by atoms with Crippen LogP contribution >= 0.6 is 0 Å². The number of carbonyl (C=O) groups excluding carboxylic acids is 2. The highest BCUT2D eigenvalue weighted by Crippen LogP contribution is 2.34. The summed E-state index contributed by atoms with van der Waals surface area (Å²) in [6.45, 7) is 0.533. The first kappa shape index (κ1) is 20.8. The van der Waals surface area contributed by atoms with Crippen LogP contribution in [0, 0.1) is 0 Å². The van der Waals surface area contributed by atoms with Crippen LogP contribution in [0.2, 0.25) is 0 Å². The van der Waals surface area contributed by atoms with Crippen molar-refractivity contribution in [2.75, 3.05) is 13.1 Å². The zero-order valence-electron chi connectivity index (χ0n) is 16.5. The zero-order chi connectivity index (χ0) is 22.2. The monoisotopic (exact) mass is 427 g/mol. The number of amides is 2. The van der Waals surface area contributed by atoms with Gasteiger partial charge in [0.25, 0.3) is 11.8 Å². The number of hydrogen-bond acceptors (Lipinski definition) is 3. The molecule has 0 spiro atoms. The number of primary amides is 1. The number of halogens is 3. The van der Waals surface area contributed by atoms with Crippen molar-refractivity contribution in [3.8, 4) is 0 Å². The Hall–Kier alpha value is -3.42. The minimum Gasteiger partial charge on any atom is -0.366 e. The van der Waals surface area contributed by atoms with Gasteiger partial charge in [0.05, 0.1) is 27.9 Å². The Kier molecular flexibility index (Phi) is 5.39. The number of benzene rings is 2. The van der Waals surface area contributed by atoms with Gasteiger partial charge in [0.1, 0.15) is 0 Å². The number of hydrogen-bond donors (Lipinski definition) is 1. The number of rotatable bonds is 3. The number of para-hydroxylation sites is 1. The van der Waals surface area contributed by atoms with Crippen molar-refractivity contribution >= 4 is 22.7 Å². The Balaban J connectivity index is 1.57. The molecular formula is C23H20F3N3O2. The summed E-state index contributed by atoms with van der Waals surface area (Å²) in [4.78, 5) is 30.9. The maximum absolute atomic E-state index is 13.3. The van der Waals surface area contributed by atoms with E-state index >= 15 is 0 Å². The summed E-state index contributed by atoms with van der Waals surface area (Å²) in [5.41, 5.74) is 5.94. The van der Waals surface area contributed by atoms with Crippen molar-refractivity contribution < 1.29 is 22.8 Å². The largest absolute Gasteiger partial charge is 0.417 e. The van der Waals surface area contributed by atoms with Crippen LogP contribution in [0.4, 0.5) is 13.2 Å². The summed E-state index contributed by atoms with van der Waals surface area (Å²) in [7, 11) is 0. The Morgan fingerprint density at radius 3 is 2.29 bits per heavy atom. The van der Waals surface area contributed by atoms with Crippen molar-refractivity contribution in [1.29, 1.82) is 0 Å². The standard InChI is InChI=1S/C23H20F3N3O2/c24-23(25,26)18-7-3-2-6-16(18)22(31)29-11-9-14(10-12-29)20-17(21(27)30)13-15-5-1-4-8-19(15)28-20/h1-8,13-14H,9-12H2,(H2,27,30). The van der Waals surface area contributed by atoms with E-state index in [1.54, 1.807) is 6.07 Å². The van der Waals surface area contributed by atoms with E-state index in [9.17, 15) is 22.8 Å². The molecule has 0 unspecified atom stereocenters. The van der Waals surface area contributed by atoms with Crippen LogP contribution in [0.1, 0.15) is 50.7 Å². The van der Waals surface area contributed by atoms with Gasteiger partial charge in [-0.3, -0.25) is 14.6 Å². The van der Waals surface area contributed by atoms with E-state index in [0.717, 1.165) is 17.0 Å². The molecule has 1 aliphatic rings. The van der Waals surface area contributed by atoms with Gasteiger partial charge in [-0.05, 0) is 37.1 Å². The number of pyridine rings is 1. The molecule has 0 aliphatic carbocycles. The van der Waals surface area contributed by atoms with Gasteiger partial charge in [0, 0.05) is 24.4 Å². The molecule has 160 valence electrons. The van der Waals surface area contributed by atoms with Gasteiger partial charge in [0.2, 0.25) is 0 Å². The maximum atomic E-state index is 13.3. The second-order valence-electron chi connectivity index (χ2n) is 7.59. The van der Waals surface area contributed by atoms with E-state index in [-0.39, 0.29) is 24.6 Å². The number of nitrogens with two attached hydrogens (primary N) is 1. The first-order chi connectivity index (χ1) is 14.8. The third-order valence-corrected chi connectivity index (χ3v) is 5.65. The molecule has 0 saturated carbocycles. The average molecular weight is 427 g/mol. The van der Waals surface area contributed by atoms with Crippen LogP contribution in [-0.2, 0) is 6.18 Å². The molecule has 1 fully saturated rings. The number of nitrogens with zero attached hydrogens (tertiary/aromatic N) is 2. The SMILES string of the molecule is NC(=O)c1cc2ccccc2nc1C1CCN(C(=O)c2ccccc2C(F)(F)F)CC1. The third kappa shape index (κ3) is 4.10. The lowest BCUT2D eigenvalue weighted by molar-refractivity contribution is -0.138. The van der Waals surface area contributed by atoms with Gasteiger partial charge in [-0.25, -0.2) is 0 Å². The summed E-state index contributed by atoms with van der Waals surface area (Å²) in [5.74, 6) is -1.34. The summed E-state index contributed by atoms with van der Waals surface area (Å²) in [6.07, 6.45) is -3.65. The van der Waals surface area contributed by atoms with Gasteiger partial charge in [-0.2, -0.15) is 13.2 Å². The lowest BCUT2D eigenvalue weighted by atomic mass is 9.89.